The fourth-order valence-corrected chi connectivity index (χ4v) is 2.81. The fourth-order valence-electron chi connectivity index (χ4n) is 1.93. The number of hydrogen-bond acceptors (Lipinski definition) is 5. The van der Waals surface area contributed by atoms with Gasteiger partial charge >= 0.3 is 0 Å². The first-order chi connectivity index (χ1) is 9.94. The summed E-state index contributed by atoms with van der Waals surface area (Å²) < 4.78 is 40.1. The van der Waals surface area contributed by atoms with Crippen molar-refractivity contribution >= 4 is 39.0 Å². The number of nitrogens with two attached hydrogens (primary N) is 1. The number of benzene rings is 1. The van der Waals surface area contributed by atoms with Crippen LogP contribution in [0.25, 0.3) is 10.2 Å². The van der Waals surface area contributed by atoms with Gasteiger partial charge in [0.2, 0.25) is 5.95 Å². The molecule has 0 saturated heterocycles. The first kappa shape index (κ1) is 13.6. The predicted molar refractivity (Wildman–Crippen MR) is 76.2 cm³/mol. The number of fused-ring (bicyclic) bond motifs is 1. The zero-order valence-corrected chi connectivity index (χ0v) is 11.6. The molecular formula is C13H9F3N4S. The Hall–Kier alpha value is -2.35. The number of nitrogens with zero attached hydrogens (tertiary/aromatic N) is 2. The summed E-state index contributed by atoms with van der Waals surface area (Å²) in [5.41, 5.74) is 5.24. The molecule has 0 aliphatic carbocycles. The van der Waals surface area contributed by atoms with Crippen molar-refractivity contribution < 1.29 is 13.2 Å². The van der Waals surface area contributed by atoms with E-state index in [-0.39, 0.29) is 17.5 Å². The summed E-state index contributed by atoms with van der Waals surface area (Å²) in [6.07, 6.45) is 0. The lowest BCUT2D eigenvalue weighted by Gasteiger charge is -2.09. The van der Waals surface area contributed by atoms with Crippen LogP contribution in [0.15, 0.2) is 18.2 Å². The normalized spacial score (nSPS) is 11.0. The summed E-state index contributed by atoms with van der Waals surface area (Å²) in [6.45, 7) is 1.87. The van der Waals surface area contributed by atoms with Gasteiger partial charge in [-0.3, -0.25) is 0 Å². The third-order valence-corrected chi connectivity index (χ3v) is 3.72. The van der Waals surface area contributed by atoms with E-state index < -0.39 is 17.5 Å². The highest BCUT2D eigenvalue weighted by atomic mass is 32.1. The van der Waals surface area contributed by atoms with Crippen molar-refractivity contribution in [3.63, 3.8) is 0 Å². The maximum Gasteiger partial charge on any atom is 0.223 e. The molecule has 0 amide bonds. The molecule has 0 unspecified atom stereocenters. The lowest BCUT2D eigenvalue weighted by molar-refractivity contribution is 0.498. The van der Waals surface area contributed by atoms with E-state index in [1.165, 1.54) is 11.3 Å². The van der Waals surface area contributed by atoms with Crippen molar-refractivity contribution in [3.8, 4) is 0 Å². The van der Waals surface area contributed by atoms with E-state index in [0.717, 1.165) is 10.9 Å². The zero-order chi connectivity index (χ0) is 15.1. The largest absolute Gasteiger partial charge is 0.368 e. The van der Waals surface area contributed by atoms with Gasteiger partial charge in [0.15, 0.2) is 11.6 Å². The molecule has 2 aromatic heterocycles. The van der Waals surface area contributed by atoms with E-state index in [0.29, 0.717) is 16.3 Å². The molecule has 1 aromatic carbocycles. The van der Waals surface area contributed by atoms with E-state index in [1.807, 2.05) is 6.92 Å². The molecule has 0 aliphatic rings. The van der Waals surface area contributed by atoms with Gasteiger partial charge in [0.05, 0.1) is 11.1 Å². The minimum absolute atomic E-state index is 0.0101. The molecule has 3 rings (SSSR count). The highest BCUT2D eigenvalue weighted by molar-refractivity contribution is 7.18. The van der Waals surface area contributed by atoms with Gasteiger partial charge in [-0.25, -0.2) is 18.2 Å². The van der Waals surface area contributed by atoms with Gasteiger partial charge in [-0.1, -0.05) is 0 Å². The van der Waals surface area contributed by atoms with E-state index in [4.69, 9.17) is 5.73 Å². The summed E-state index contributed by atoms with van der Waals surface area (Å²) in [4.78, 5) is 9.59. The van der Waals surface area contributed by atoms with Crippen molar-refractivity contribution in [1.82, 2.24) is 9.97 Å². The summed E-state index contributed by atoms with van der Waals surface area (Å²) in [5.74, 6) is -3.17. The molecule has 0 fully saturated rings. The van der Waals surface area contributed by atoms with Gasteiger partial charge in [0.25, 0.3) is 0 Å². The minimum atomic E-state index is -1.28. The number of aromatic nitrogens is 2. The van der Waals surface area contributed by atoms with E-state index >= 15 is 0 Å². The van der Waals surface area contributed by atoms with Crippen LogP contribution in [0.5, 0.6) is 0 Å². The van der Waals surface area contributed by atoms with Crippen LogP contribution in [0.2, 0.25) is 0 Å². The number of thiophene rings is 1. The molecule has 8 heteroatoms. The predicted octanol–water partition coefficient (Wildman–Crippen LogP) is 3.74. The van der Waals surface area contributed by atoms with Crippen molar-refractivity contribution in [2.45, 2.75) is 6.92 Å². The highest BCUT2D eigenvalue weighted by Crippen LogP contribution is 2.32. The molecule has 3 N–H and O–H groups in total. The van der Waals surface area contributed by atoms with E-state index in [9.17, 15) is 13.2 Å². The summed E-state index contributed by atoms with van der Waals surface area (Å²) in [7, 11) is 0. The average Bonchev–Trinajstić information content (AvgIpc) is 2.75. The van der Waals surface area contributed by atoms with Crippen molar-refractivity contribution in [3.05, 3.63) is 40.5 Å². The number of nitrogens with one attached hydrogen (secondary N) is 1. The number of nitrogen functional groups attached to an aromatic ring is 1. The second-order valence-electron chi connectivity index (χ2n) is 4.38. The second kappa shape index (κ2) is 4.88. The molecule has 21 heavy (non-hydrogen) atoms. The second-order valence-corrected chi connectivity index (χ2v) is 5.62. The Morgan fingerprint density at radius 3 is 2.67 bits per heavy atom. The van der Waals surface area contributed by atoms with Gasteiger partial charge in [-0.05, 0) is 13.0 Å². The van der Waals surface area contributed by atoms with Crippen LogP contribution < -0.4 is 11.1 Å². The number of anilines is 3. The van der Waals surface area contributed by atoms with Crippen LogP contribution in [-0.2, 0) is 0 Å². The standard InChI is InChI=1S/C13H9F3N4S/c1-5-2-7-11(19-13(17)20-12(7)21-5)18-9-4-6(14)3-8(15)10(9)16/h2-4H,1H3,(H3,17,18,19,20). The summed E-state index contributed by atoms with van der Waals surface area (Å²) in [6, 6.07) is 3.11. The van der Waals surface area contributed by atoms with Crippen molar-refractivity contribution in [1.29, 1.82) is 0 Å². The molecule has 0 radical (unpaired) electrons. The van der Waals surface area contributed by atoms with Gasteiger partial charge in [-0.2, -0.15) is 4.98 Å². The SMILES string of the molecule is Cc1cc2c(Nc3cc(F)cc(F)c3F)nc(N)nc2s1. The Morgan fingerprint density at radius 2 is 1.90 bits per heavy atom. The van der Waals surface area contributed by atoms with Crippen LogP contribution in [0.3, 0.4) is 0 Å². The van der Waals surface area contributed by atoms with Gasteiger partial charge < -0.3 is 11.1 Å². The highest BCUT2D eigenvalue weighted by Gasteiger charge is 2.15. The third kappa shape index (κ3) is 2.49. The molecule has 3 aromatic rings. The van der Waals surface area contributed by atoms with Crippen LogP contribution in [0, 0.1) is 24.4 Å². The van der Waals surface area contributed by atoms with Crippen molar-refractivity contribution in [2.75, 3.05) is 11.1 Å². The zero-order valence-electron chi connectivity index (χ0n) is 10.7. The Labute approximate surface area is 121 Å². The van der Waals surface area contributed by atoms with E-state index in [2.05, 4.69) is 15.3 Å². The summed E-state index contributed by atoms with van der Waals surface area (Å²) >= 11 is 1.39. The third-order valence-electron chi connectivity index (χ3n) is 2.78. The van der Waals surface area contributed by atoms with Crippen LogP contribution in [0.1, 0.15) is 4.88 Å². The molecule has 0 saturated carbocycles. The monoisotopic (exact) mass is 310 g/mol. The topological polar surface area (TPSA) is 63.8 Å². The van der Waals surface area contributed by atoms with E-state index in [1.54, 1.807) is 6.07 Å². The molecule has 4 nitrogen and oxygen atoms in total. The minimum Gasteiger partial charge on any atom is -0.368 e. The molecule has 108 valence electrons. The average molecular weight is 310 g/mol. The Balaban J connectivity index is 2.14. The smallest absolute Gasteiger partial charge is 0.223 e. The van der Waals surface area contributed by atoms with Gasteiger partial charge in [0, 0.05) is 17.0 Å². The fraction of sp³-hybridized carbons (Fsp3) is 0.0769. The molecular weight excluding hydrogens is 301 g/mol. The Bertz CT molecular complexity index is 847. The van der Waals surface area contributed by atoms with Gasteiger partial charge in [0.1, 0.15) is 16.5 Å². The van der Waals surface area contributed by atoms with Crippen LogP contribution >= 0.6 is 11.3 Å². The van der Waals surface area contributed by atoms with Crippen LogP contribution in [0.4, 0.5) is 30.6 Å². The first-order valence-corrected chi connectivity index (χ1v) is 6.71. The van der Waals surface area contributed by atoms with Crippen molar-refractivity contribution in [2.24, 2.45) is 0 Å². The number of aryl methyl sites for hydroxylation is 1. The first-order valence-electron chi connectivity index (χ1n) is 5.89. The summed E-state index contributed by atoms with van der Waals surface area (Å²) in [5, 5.41) is 3.18. The molecule has 0 bridgehead atoms. The maximum atomic E-state index is 13.7. The lowest BCUT2D eigenvalue weighted by atomic mass is 10.2. The lowest BCUT2D eigenvalue weighted by Crippen LogP contribution is -2.03. The Morgan fingerprint density at radius 1 is 1.14 bits per heavy atom. The molecule has 0 atom stereocenters. The number of hydrogen-bond donors (Lipinski definition) is 2. The number of rotatable bonds is 2. The maximum absolute atomic E-state index is 13.7. The molecule has 2 heterocycles. The van der Waals surface area contributed by atoms with Gasteiger partial charge in [-0.15, -0.1) is 11.3 Å². The number of halogens is 3. The Kier molecular flexibility index (Phi) is 3.17. The molecule has 0 aliphatic heterocycles. The quantitative estimate of drug-likeness (QED) is 0.708. The molecule has 0 spiro atoms. The van der Waals surface area contributed by atoms with Crippen LogP contribution in [-0.4, -0.2) is 9.97 Å².